The Kier molecular flexibility index (Phi) is 10.3. The van der Waals surface area contributed by atoms with Crippen molar-refractivity contribution in [3.05, 3.63) is 36.0 Å². The summed E-state index contributed by atoms with van der Waals surface area (Å²) in [5, 5.41) is 9.76. The smallest absolute Gasteiger partial charge is 0.142 e. The Labute approximate surface area is 111 Å². The molecule has 0 bridgehead atoms. The molecule has 18 heavy (non-hydrogen) atoms. The van der Waals surface area contributed by atoms with Crippen LogP contribution < -0.4 is 0 Å². The van der Waals surface area contributed by atoms with Gasteiger partial charge in [-0.3, -0.25) is 4.79 Å². The van der Waals surface area contributed by atoms with Gasteiger partial charge in [0.2, 0.25) is 0 Å². The maximum atomic E-state index is 10.1. The van der Waals surface area contributed by atoms with Crippen LogP contribution in [0.2, 0.25) is 0 Å². The average molecular weight is 250 g/mol. The molecule has 0 fully saturated rings. The predicted molar refractivity (Wildman–Crippen MR) is 77.4 cm³/mol. The largest absolute Gasteiger partial charge is 0.388 e. The van der Waals surface area contributed by atoms with Crippen LogP contribution >= 0.6 is 0 Å². The van der Waals surface area contributed by atoms with E-state index in [2.05, 4.69) is 19.9 Å². The fourth-order valence-electron chi connectivity index (χ4n) is 1.46. The molecule has 0 rings (SSSR count). The summed E-state index contributed by atoms with van der Waals surface area (Å²) in [4.78, 5) is 10.1. The second kappa shape index (κ2) is 11.0. The Morgan fingerprint density at radius 3 is 2.61 bits per heavy atom. The van der Waals surface area contributed by atoms with Crippen LogP contribution in [0.5, 0.6) is 0 Å². The minimum Gasteiger partial charge on any atom is -0.388 e. The molecule has 102 valence electrons. The van der Waals surface area contributed by atoms with E-state index in [9.17, 15) is 9.90 Å². The van der Waals surface area contributed by atoms with E-state index in [0.717, 1.165) is 24.2 Å². The van der Waals surface area contributed by atoms with Crippen LogP contribution in [0.25, 0.3) is 0 Å². The van der Waals surface area contributed by atoms with Crippen molar-refractivity contribution in [3.63, 3.8) is 0 Å². The molecule has 0 heterocycles. The van der Waals surface area contributed by atoms with Gasteiger partial charge in [0, 0.05) is 0 Å². The zero-order valence-corrected chi connectivity index (χ0v) is 11.8. The van der Waals surface area contributed by atoms with E-state index in [1.54, 1.807) is 6.08 Å². The number of allylic oxidation sites excluding steroid dienone is 4. The molecule has 0 saturated carbocycles. The zero-order valence-electron chi connectivity index (χ0n) is 11.8. The highest BCUT2D eigenvalue weighted by Gasteiger charge is 2.02. The van der Waals surface area contributed by atoms with Crippen LogP contribution in [0.4, 0.5) is 0 Å². The first-order chi connectivity index (χ1) is 8.61. The molecule has 0 aromatic heterocycles. The summed E-state index contributed by atoms with van der Waals surface area (Å²) in [6.45, 7) is 6.37. The number of hydrogen-bond donors (Lipinski definition) is 1. The molecule has 0 aliphatic heterocycles. The molecule has 0 aromatic carbocycles. The van der Waals surface area contributed by atoms with E-state index in [1.807, 2.05) is 19.1 Å². The minimum absolute atomic E-state index is 0.488. The van der Waals surface area contributed by atoms with E-state index >= 15 is 0 Å². The van der Waals surface area contributed by atoms with Crippen LogP contribution in [0.3, 0.4) is 0 Å². The summed E-state index contributed by atoms with van der Waals surface area (Å²) in [6, 6.07) is 0. The van der Waals surface area contributed by atoms with E-state index in [0.29, 0.717) is 6.42 Å². The number of hydrogen-bond acceptors (Lipinski definition) is 2. The van der Waals surface area contributed by atoms with Gasteiger partial charge in [0.25, 0.3) is 0 Å². The lowest BCUT2D eigenvalue weighted by molar-refractivity contribution is -0.104. The second-order valence-electron chi connectivity index (χ2n) is 4.75. The second-order valence-corrected chi connectivity index (χ2v) is 4.75. The Hall–Kier alpha value is -1.15. The Morgan fingerprint density at radius 1 is 1.28 bits per heavy atom. The van der Waals surface area contributed by atoms with E-state index in [-0.39, 0.29) is 0 Å². The van der Waals surface area contributed by atoms with Gasteiger partial charge >= 0.3 is 0 Å². The van der Waals surface area contributed by atoms with Gasteiger partial charge in [-0.15, -0.1) is 0 Å². The third-order valence-corrected chi connectivity index (χ3v) is 3.12. The number of aldehydes is 1. The summed E-state index contributed by atoms with van der Waals surface area (Å²) in [5.41, 5.74) is 0.922. The molecule has 0 aliphatic rings. The molecule has 0 amide bonds. The fourth-order valence-corrected chi connectivity index (χ4v) is 1.46. The Balaban J connectivity index is 3.97. The van der Waals surface area contributed by atoms with Crippen molar-refractivity contribution in [3.8, 4) is 0 Å². The third-order valence-electron chi connectivity index (χ3n) is 3.12. The standard InChI is InChI=1S/C16H26O2/c1-4-14(2)10-6-5-7-11-15(3)16(18)12-8-9-13-17/h5,7-9,11,13-14,16,18H,4,6,10,12H2,1-3H3/b7-5+,9-8+,15-11+/t14-,16?/m0/s1. The van der Waals surface area contributed by atoms with Gasteiger partial charge < -0.3 is 5.11 Å². The van der Waals surface area contributed by atoms with Gasteiger partial charge in [-0.05, 0) is 43.8 Å². The van der Waals surface area contributed by atoms with E-state index in [4.69, 9.17) is 0 Å². The number of carbonyl (C=O) groups excluding carboxylic acids is 1. The van der Waals surface area contributed by atoms with Gasteiger partial charge in [0.15, 0.2) is 0 Å². The topological polar surface area (TPSA) is 37.3 Å². The van der Waals surface area contributed by atoms with Crippen molar-refractivity contribution in [1.82, 2.24) is 0 Å². The maximum Gasteiger partial charge on any atom is 0.142 e. The van der Waals surface area contributed by atoms with Gasteiger partial charge in [0.1, 0.15) is 6.29 Å². The van der Waals surface area contributed by atoms with Crippen LogP contribution in [-0.2, 0) is 4.79 Å². The zero-order chi connectivity index (χ0) is 13.8. The molecule has 2 atom stereocenters. The Morgan fingerprint density at radius 2 is 2.00 bits per heavy atom. The van der Waals surface area contributed by atoms with Crippen LogP contribution in [0.1, 0.15) is 46.5 Å². The summed E-state index contributed by atoms with van der Waals surface area (Å²) in [6.07, 6.45) is 13.4. The molecular formula is C16H26O2. The van der Waals surface area contributed by atoms with Crippen molar-refractivity contribution < 1.29 is 9.90 Å². The average Bonchev–Trinajstić information content (AvgIpc) is 2.37. The van der Waals surface area contributed by atoms with Crippen molar-refractivity contribution in [2.45, 2.75) is 52.6 Å². The first-order valence-electron chi connectivity index (χ1n) is 6.73. The number of rotatable bonds is 9. The molecule has 0 saturated heterocycles. The van der Waals surface area contributed by atoms with E-state index in [1.165, 1.54) is 18.9 Å². The number of carbonyl (C=O) groups is 1. The first-order valence-corrected chi connectivity index (χ1v) is 6.73. The third kappa shape index (κ3) is 8.94. The molecule has 0 spiro atoms. The van der Waals surface area contributed by atoms with Crippen molar-refractivity contribution >= 4 is 6.29 Å². The van der Waals surface area contributed by atoms with Gasteiger partial charge in [-0.1, -0.05) is 44.6 Å². The number of aliphatic hydroxyl groups excluding tert-OH is 1. The summed E-state index contributed by atoms with van der Waals surface area (Å²) in [5.74, 6) is 0.777. The lowest BCUT2D eigenvalue weighted by atomic mass is 10.0. The van der Waals surface area contributed by atoms with Gasteiger partial charge in [0.05, 0.1) is 6.10 Å². The maximum absolute atomic E-state index is 10.1. The quantitative estimate of drug-likeness (QED) is 0.384. The molecule has 1 unspecified atom stereocenters. The molecule has 2 nitrogen and oxygen atoms in total. The first kappa shape index (κ1) is 16.9. The highest BCUT2D eigenvalue weighted by molar-refractivity contribution is 5.64. The summed E-state index contributed by atoms with van der Waals surface area (Å²) >= 11 is 0. The van der Waals surface area contributed by atoms with Gasteiger partial charge in [-0.25, -0.2) is 0 Å². The molecule has 0 radical (unpaired) electrons. The minimum atomic E-state index is -0.500. The number of aliphatic hydroxyl groups is 1. The predicted octanol–water partition coefficient (Wildman–Crippen LogP) is 3.82. The Bertz CT molecular complexity index is 300. The van der Waals surface area contributed by atoms with Crippen molar-refractivity contribution in [1.29, 1.82) is 0 Å². The monoisotopic (exact) mass is 250 g/mol. The molecular weight excluding hydrogens is 224 g/mol. The summed E-state index contributed by atoms with van der Waals surface area (Å²) in [7, 11) is 0. The SMILES string of the molecule is CC[C@H](C)CC/C=C/C=C(\C)C(O)C/C=C/C=O. The molecule has 0 aliphatic carbocycles. The van der Waals surface area contributed by atoms with E-state index < -0.39 is 6.10 Å². The molecule has 1 N–H and O–H groups in total. The van der Waals surface area contributed by atoms with Crippen LogP contribution in [0.15, 0.2) is 36.0 Å². The highest BCUT2D eigenvalue weighted by Crippen LogP contribution is 2.10. The normalized spacial score (nSPS) is 16.3. The lowest BCUT2D eigenvalue weighted by Gasteiger charge is -2.07. The van der Waals surface area contributed by atoms with Crippen molar-refractivity contribution in [2.24, 2.45) is 5.92 Å². The van der Waals surface area contributed by atoms with Crippen LogP contribution in [-0.4, -0.2) is 17.5 Å². The van der Waals surface area contributed by atoms with Crippen molar-refractivity contribution in [2.75, 3.05) is 0 Å². The summed E-state index contributed by atoms with van der Waals surface area (Å²) < 4.78 is 0. The molecule has 2 heteroatoms. The van der Waals surface area contributed by atoms with Crippen LogP contribution in [0, 0.1) is 5.92 Å². The molecule has 0 aromatic rings. The lowest BCUT2D eigenvalue weighted by Crippen LogP contribution is -2.05. The van der Waals surface area contributed by atoms with Gasteiger partial charge in [-0.2, -0.15) is 0 Å². The fraction of sp³-hybridized carbons (Fsp3) is 0.562. The highest BCUT2D eigenvalue weighted by atomic mass is 16.3.